The average molecular weight is 253 g/mol. The summed E-state index contributed by atoms with van der Waals surface area (Å²) in [6.45, 7) is 4.78. The van der Waals surface area contributed by atoms with E-state index in [4.69, 9.17) is 16.9 Å². The minimum Gasteiger partial charge on any atom is -0.387 e. The van der Waals surface area contributed by atoms with E-state index in [1.165, 1.54) is 0 Å². The molecule has 0 fully saturated rings. The zero-order valence-corrected chi connectivity index (χ0v) is 10.9. The predicted octanol–water partition coefficient (Wildman–Crippen LogP) is 2.61. The Balaban J connectivity index is 2.67. The third-order valence-electron chi connectivity index (χ3n) is 2.67. The van der Waals surface area contributed by atoms with Gasteiger partial charge in [0.25, 0.3) is 0 Å². The van der Waals surface area contributed by atoms with E-state index in [1.807, 2.05) is 18.7 Å². The number of halogens is 1. The molecule has 0 bridgehead atoms. The lowest BCUT2D eigenvalue weighted by molar-refractivity contribution is 0.104. The van der Waals surface area contributed by atoms with E-state index >= 15 is 0 Å². The monoisotopic (exact) mass is 252 g/mol. The first kappa shape index (κ1) is 14.0. The van der Waals surface area contributed by atoms with Crippen LogP contribution >= 0.6 is 11.6 Å². The summed E-state index contributed by atoms with van der Waals surface area (Å²) in [5.74, 6) is 0. The van der Waals surface area contributed by atoms with E-state index in [1.54, 1.807) is 24.3 Å². The lowest BCUT2D eigenvalue weighted by Crippen LogP contribution is -2.35. The maximum atomic E-state index is 10.1. The van der Waals surface area contributed by atoms with E-state index in [2.05, 4.69) is 6.07 Å². The molecule has 17 heavy (non-hydrogen) atoms. The molecule has 0 aliphatic carbocycles. The van der Waals surface area contributed by atoms with Crippen molar-refractivity contribution in [2.45, 2.75) is 26.0 Å². The van der Waals surface area contributed by atoms with Crippen molar-refractivity contribution in [2.24, 2.45) is 0 Å². The third-order valence-corrected chi connectivity index (χ3v) is 2.92. The van der Waals surface area contributed by atoms with Crippen LogP contribution in [0.5, 0.6) is 0 Å². The van der Waals surface area contributed by atoms with Crippen molar-refractivity contribution in [3.05, 3.63) is 34.9 Å². The Bertz CT molecular complexity index is 383. The molecule has 1 atom stereocenters. The molecule has 0 spiro atoms. The van der Waals surface area contributed by atoms with Gasteiger partial charge in [0.2, 0.25) is 0 Å². The number of nitrogens with zero attached hydrogens (tertiary/aromatic N) is 2. The first-order chi connectivity index (χ1) is 8.04. The highest BCUT2D eigenvalue weighted by Gasteiger charge is 2.15. The maximum absolute atomic E-state index is 10.1. The second-order valence-electron chi connectivity index (χ2n) is 4.25. The van der Waals surface area contributed by atoms with E-state index in [-0.39, 0.29) is 6.04 Å². The Morgan fingerprint density at radius 2 is 1.94 bits per heavy atom. The molecule has 1 aromatic carbocycles. The van der Waals surface area contributed by atoms with E-state index in [0.717, 1.165) is 5.56 Å². The number of aliphatic hydroxyl groups is 1. The molecule has 1 rings (SSSR count). The van der Waals surface area contributed by atoms with Gasteiger partial charge in [-0.1, -0.05) is 23.7 Å². The van der Waals surface area contributed by atoms with Crippen LogP contribution in [0.25, 0.3) is 0 Å². The Labute approximate surface area is 107 Å². The van der Waals surface area contributed by atoms with Gasteiger partial charge >= 0.3 is 0 Å². The van der Waals surface area contributed by atoms with Crippen LogP contribution in [0.1, 0.15) is 25.5 Å². The molecule has 0 saturated heterocycles. The van der Waals surface area contributed by atoms with Crippen LogP contribution in [0, 0.1) is 11.3 Å². The summed E-state index contributed by atoms with van der Waals surface area (Å²) in [5, 5.41) is 19.4. The van der Waals surface area contributed by atoms with Crippen molar-refractivity contribution in [2.75, 3.05) is 13.1 Å². The summed E-state index contributed by atoms with van der Waals surface area (Å²) in [6.07, 6.45) is -0.594. The molecule has 1 unspecified atom stereocenters. The summed E-state index contributed by atoms with van der Waals surface area (Å²) >= 11 is 5.79. The molecular weight excluding hydrogens is 236 g/mol. The molecule has 0 aliphatic heterocycles. The van der Waals surface area contributed by atoms with Gasteiger partial charge in [-0.15, -0.1) is 0 Å². The molecule has 1 N–H and O–H groups in total. The number of aliphatic hydroxyl groups excluding tert-OH is 1. The van der Waals surface area contributed by atoms with Gasteiger partial charge in [-0.05, 0) is 31.5 Å². The van der Waals surface area contributed by atoms with Crippen LogP contribution in [0.3, 0.4) is 0 Å². The molecule has 4 heteroatoms. The lowest BCUT2D eigenvalue weighted by Gasteiger charge is -2.26. The first-order valence-corrected chi connectivity index (χ1v) is 5.97. The van der Waals surface area contributed by atoms with Crippen LogP contribution in [-0.4, -0.2) is 29.1 Å². The van der Waals surface area contributed by atoms with Crippen LogP contribution in [-0.2, 0) is 0 Å². The highest BCUT2D eigenvalue weighted by Crippen LogP contribution is 2.18. The van der Waals surface area contributed by atoms with Crippen molar-refractivity contribution in [3.8, 4) is 6.07 Å². The lowest BCUT2D eigenvalue weighted by atomic mass is 10.1. The first-order valence-electron chi connectivity index (χ1n) is 5.59. The summed E-state index contributed by atoms with van der Waals surface area (Å²) in [5.41, 5.74) is 0.818. The predicted molar refractivity (Wildman–Crippen MR) is 68.7 cm³/mol. The van der Waals surface area contributed by atoms with Crippen molar-refractivity contribution >= 4 is 11.6 Å². The van der Waals surface area contributed by atoms with Gasteiger partial charge in [-0.2, -0.15) is 5.26 Å². The standard InChI is InChI=1S/C13H17ClN2O/c1-10(2)16(8-7-15)9-13(17)11-3-5-12(14)6-4-11/h3-6,10,13,17H,8-9H2,1-2H3. The van der Waals surface area contributed by atoms with Crippen LogP contribution < -0.4 is 0 Å². The molecule has 92 valence electrons. The number of hydrogen-bond donors (Lipinski definition) is 1. The molecular formula is C13H17ClN2O. The van der Waals surface area contributed by atoms with Crippen molar-refractivity contribution in [3.63, 3.8) is 0 Å². The third kappa shape index (κ3) is 4.35. The summed E-state index contributed by atoms with van der Waals surface area (Å²) < 4.78 is 0. The average Bonchev–Trinajstić information content (AvgIpc) is 2.29. The number of benzene rings is 1. The van der Waals surface area contributed by atoms with Crippen molar-refractivity contribution < 1.29 is 5.11 Å². The second-order valence-corrected chi connectivity index (χ2v) is 4.69. The number of hydrogen-bond acceptors (Lipinski definition) is 3. The van der Waals surface area contributed by atoms with Gasteiger partial charge in [0, 0.05) is 17.6 Å². The van der Waals surface area contributed by atoms with Crippen LogP contribution in [0.4, 0.5) is 0 Å². The normalized spacial score (nSPS) is 12.8. The molecule has 0 aliphatic rings. The zero-order valence-electron chi connectivity index (χ0n) is 10.1. The number of rotatable bonds is 5. The fourth-order valence-electron chi connectivity index (χ4n) is 1.56. The van der Waals surface area contributed by atoms with Gasteiger partial charge < -0.3 is 5.11 Å². The quantitative estimate of drug-likeness (QED) is 0.820. The number of nitriles is 1. The van der Waals surface area contributed by atoms with Crippen molar-refractivity contribution in [1.82, 2.24) is 4.90 Å². The van der Waals surface area contributed by atoms with Gasteiger partial charge in [0.05, 0.1) is 18.7 Å². The summed E-state index contributed by atoms with van der Waals surface area (Å²) in [4.78, 5) is 1.93. The minimum atomic E-state index is -0.594. The summed E-state index contributed by atoms with van der Waals surface area (Å²) in [7, 11) is 0. The molecule has 0 aromatic heterocycles. The molecule has 1 aromatic rings. The van der Waals surface area contributed by atoms with Crippen LogP contribution in [0.2, 0.25) is 5.02 Å². The molecule has 3 nitrogen and oxygen atoms in total. The van der Waals surface area contributed by atoms with E-state index in [0.29, 0.717) is 18.1 Å². The molecule has 0 amide bonds. The fraction of sp³-hybridized carbons (Fsp3) is 0.462. The Morgan fingerprint density at radius 3 is 2.41 bits per heavy atom. The minimum absolute atomic E-state index is 0.233. The topological polar surface area (TPSA) is 47.3 Å². The maximum Gasteiger partial charge on any atom is 0.0917 e. The summed E-state index contributed by atoms with van der Waals surface area (Å²) in [6, 6.07) is 9.46. The van der Waals surface area contributed by atoms with Crippen molar-refractivity contribution in [1.29, 1.82) is 5.26 Å². The van der Waals surface area contributed by atoms with E-state index in [9.17, 15) is 5.11 Å². The Hall–Kier alpha value is -1.08. The molecule has 0 saturated carbocycles. The van der Waals surface area contributed by atoms with Gasteiger partial charge in [0.15, 0.2) is 0 Å². The molecule has 0 radical (unpaired) electrons. The van der Waals surface area contributed by atoms with Gasteiger partial charge in [0.1, 0.15) is 0 Å². The van der Waals surface area contributed by atoms with Gasteiger partial charge in [-0.3, -0.25) is 4.90 Å². The largest absolute Gasteiger partial charge is 0.387 e. The second kappa shape index (κ2) is 6.61. The zero-order chi connectivity index (χ0) is 12.8. The van der Waals surface area contributed by atoms with E-state index < -0.39 is 6.10 Å². The highest BCUT2D eigenvalue weighted by molar-refractivity contribution is 6.30. The van der Waals surface area contributed by atoms with Gasteiger partial charge in [-0.25, -0.2) is 0 Å². The highest BCUT2D eigenvalue weighted by atomic mass is 35.5. The molecule has 0 heterocycles. The Morgan fingerprint density at radius 1 is 1.35 bits per heavy atom. The van der Waals surface area contributed by atoms with Crippen LogP contribution in [0.15, 0.2) is 24.3 Å². The smallest absolute Gasteiger partial charge is 0.0917 e. The fourth-order valence-corrected chi connectivity index (χ4v) is 1.69. The SMILES string of the molecule is CC(C)N(CC#N)CC(O)c1ccc(Cl)cc1. The Kier molecular flexibility index (Phi) is 5.43.